The first-order valence-corrected chi connectivity index (χ1v) is 12.0. The molecule has 4 aromatic rings. The van der Waals surface area contributed by atoms with Crippen LogP contribution in [0.2, 0.25) is 5.02 Å². The van der Waals surface area contributed by atoms with Crippen molar-refractivity contribution in [2.75, 3.05) is 5.32 Å². The lowest BCUT2D eigenvalue weighted by Crippen LogP contribution is -2.45. The average Bonchev–Trinajstić information content (AvgIpc) is 3.28. The van der Waals surface area contributed by atoms with E-state index in [1.165, 1.54) is 11.3 Å². The van der Waals surface area contributed by atoms with Gasteiger partial charge in [0.15, 0.2) is 0 Å². The first-order valence-electron chi connectivity index (χ1n) is 9.98. The van der Waals surface area contributed by atoms with Gasteiger partial charge in [0.1, 0.15) is 11.0 Å². The Bertz CT molecular complexity index is 1260. The van der Waals surface area contributed by atoms with E-state index in [4.69, 9.17) is 11.6 Å². The third-order valence-corrected chi connectivity index (χ3v) is 6.39. The molecule has 1 atom stereocenters. The van der Waals surface area contributed by atoms with Crippen molar-refractivity contribution in [2.24, 2.45) is 0 Å². The fourth-order valence-corrected chi connectivity index (χ4v) is 4.31. The minimum Gasteiger partial charge on any atom is -0.340 e. The van der Waals surface area contributed by atoms with E-state index in [1.54, 1.807) is 24.3 Å². The molecule has 0 aliphatic rings. The number of nitrogens with one attached hydrogen (secondary N) is 2. The zero-order valence-corrected chi connectivity index (χ0v) is 20.3. The van der Waals surface area contributed by atoms with Crippen molar-refractivity contribution in [1.82, 2.24) is 15.5 Å². The normalized spacial score (nSPS) is 11.6. The lowest BCUT2D eigenvalue weighted by Gasteiger charge is -2.18. The van der Waals surface area contributed by atoms with Crippen LogP contribution in [0.5, 0.6) is 0 Å². The first kappa shape index (κ1) is 23.1. The van der Waals surface area contributed by atoms with E-state index in [0.717, 1.165) is 15.6 Å². The van der Waals surface area contributed by atoms with Crippen molar-refractivity contribution in [3.8, 4) is 10.6 Å². The minimum atomic E-state index is -0.820. The van der Waals surface area contributed by atoms with E-state index in [2.05, 4.69) is 36.8 Å². The quantitative estimate of drug-likeness (QED) is 0.319. The number of carbonyl (C=O) groups excluding carboxylic acids is 2. The Balaban J connectivity index is 1.51. The van der Waals surface area contributed by atoms with Crippen molar-refractivity contribution in [2.45, 2.75) is 12.5 Å². The molecule has 0 spiro atoms. The van der Waals surface area contributed by atoms with Gasteiger partial charge < -0.3 is 5.32 Å². The highest BCUT2D eigenvalue weighted by Crippen LogP contribution is 2.27. The molecule has 3 aromatic carbocycles. The highest BCUT2D eigenvalue weighted by atomic mass is 79.9. The van der Waals surface area contributed by atoms with Crippen LogP contribution < -0.4 is 10.6 Å². The van der Waals surface area contributed by atoms with Gasteiger partial charge >= 0.3 is 0 Å². The number of carbonyl (C=O) groups is 2. The number of hydrogen-bond acceptors (Lipinski definition) is 5. The van der Waals surface area contributed by atoms with Gasteiger partial charge in [-0.05, 0) is 35.9 Å². The molecular weight excluding hydrogens is 524 g/mol. The number of benzene rings is 3. The van der Waals surface area contributed by atoms with Gasteiger partial charge in [0.25, 0.3) is 5.91 Å². The van der Waals surface area contributed by atoms with E-state index in [9.17, 15) is 9.59 Å². The summed E-state index contributed by atoms with van der Waals surface area (Å²) in [6.07, 6.45) is 0.317. The monoisotopic (exact) mass is 540 g/mol. The number of amides is 2. The largest absolute Gasteiger partial charge is 0.340 e. The van der Waals surface area contributed by atoms with Crippen LogP contribution >= 0.6 is 38.9 Å². The highest BCUT2D eigenvalue weighted by Gasteiger charge is 2.23. The second kappa shape index (κ2) is 10.7. The van der Waals surface area contributed by atoms with Crippen molar-refractivity contribution >= 4 is 55.8 Å². The maximum Gasteiger partial charge on any atom is 0.251 e. The van der Waals surface area contributed by atoms with Gasteiger partial charge in [0, 0.05) is 27.0 Å². The molecule has 2 amide bonds. The second-order valence-corrected chi connectivity index (χ2v) is 9.46. The smallest absolute Gasteiger partial charge is 0.251 e. The standard InChI is InChI=1S/C24H18BrClN4O2S/c25-18-11-9-16(10-12-18)23-29-30-24(33-23)28-22(32)20(13-15-5-2-1-3-6-15)27-21(31)17-7-4-8-19(26)14-17/h1-12,14,20H,13H2,(H,27,31)(H,28,30,32). The van der Waals surface area contributed by atoms with Crippen LogP contribution in [0.4, 0.5) is 5.13 Å². The molecule has 1 unspecified atom stereocenters. The SMILES string of the molecule is O=C(NC(Cc1ccccc1)C(=O)Nc1nnc(-c2ccc(Br)cc2)s1)c1cccc(Cl)c1. The van der Waals surface area contributed by atoms with E-state index < -0.39 is 6.04 Å². The molecule has 0 radical (unpaired) electrons. The molecule has 0 saturated carbocycles. The van der Waals surface area contributed by atoms with Crippen LogP contribution in [0.25, 0.3) is 10.6 Å². The maximum absolute atomic E-state index is 13.1. The molecule has 33 heavy (non-hydrogen) atoms. The van der Waals surface area contributed by atoms with E-state index >= 15 is 0 Å². The van der Waals surface area contributed by atoms with Crippen molar-refractivity contribution in [3.05, 3.63) is 99.5 Å². The molecule has 0 aliphatic heterocycles. The lowest BCUT2D eigenvalue weighted by molar-refractivity contribution is -0.118. The van der Waals surface area contributed by atoms with Gasteiger partial charge in [-0.1, -0.05) is 87.4 Å². The van der Waals surface area contributed by atoms with Crippen LogP contribution in [0.3, 0.4) is 0 Å². The molecule has 1 heterocycles. The average molecular weight is 542 g/mol. The fourth-order valence-electron chi connectivity index (χ4n) is 3.11. The Hall–Kier alpha value is -3.07. The van der Waals surface area contributed by atoms with Crippen LogP contribution in [-0.2, 0) is 11.2 Å². The Morgan fingerprint density at radius 2 is 1.73 bits per heavy atom. The molecule has 0 bridgehead atoms. The summed E-state index contributed by atoms with van der Waals surface area (Å²) in [6, 6.07) is 22.9. The summed E-state index contributed by atoms with van der Waals surface area (Å²) in [5, 5.41) is 15.3. The summed E-state index contributed by atoms with van der Waals surface area (Å²) >= 11 is 10.7. The molecule has 166 valence electrons. The van der Waals surface area contributed by atoms with Crippen molar-refractivity contribution in [1.29, 1.82) is 0 Å². The molecule has 0 aliphatic carbocycles. The lowest BCUT2D eigenvalue weighted by atomic mass is 10.0. The zero-order chi connectivity index (χ0) is 23.2. The molecule has 4 rings (SSSR count). The Morgan fingerprint density at radius 1 is 0.970 bits per heavy atom. The van der Waals surface area contributed by atoms with Gasteiger partial charge in [-0.2, -0.15) is 0 Å². The molecule has 1 aromatic heterocycles. The summed E-state index contributed by atoms with van der Waals surface area (Å²) in [5.41, 5.74) is 2.19. The second-order valence-electron chi connectivity index (χ2n) is 7.13. The molecular formula is C24H18BrClN4O2S. The third-order valence-electron chi connectivity index (χ3n) is 4.74. The van der Waals surface area contributed by atoms with Crippen LogP contribution in [0.15, 0.2) is 83.3 Å². The number of rotatable bonds is 7. The van der Waals surface area contributed by atoms with Crippen molar-refractivity contribution < 1.29 is 9.59 Å². The summed E-state index contributed by atoms with van der Waals surface area (Å²) in [6.45, 7) is 0. The summed E-state index contributed by atoms with van der Waals surface area (Å²) in [4.78, 5) is 25.9. The molecule has 0 saturated heterocycles. The zero-order valence-electron chi connectivity index (χ0n) is 17.2. The Kier molecular flexibility index (Phi) is 7.49. The van der Waals surface area contributed by atoms with E-state index in [1.807, 2.05) is 54.6 Å². The van der Waals surface area contributed by atoms with Gasteiger partial charge in [0.2, 0.25) is 11.0 Å². The number of aromatic nitrogens is 2. The van der Waals surface area contributed by atoms with Crippen LogP contribution in [-0.4, -0.2) is 28.1 Å². The van der Waals surface area contributed by atoms with E-state index in [0.29, 0.717) is 27.1 Å². The summed E-state index contributed by atoms with van der Waals surface area (Å²) < 4.78 is 0.962. The fraction of sp³-hybridized carbons (Fsp3) is 0.0833. The molecule has 2 N–H and O–H groups in total. The Morgan fingerprint density at radius 3 is 2.45 bits per heavy atom. The van der Waals surface area contributed by atoms with Gasteiger partial charge in [-0.3, -0.25) is 14.9 Å². The molecule has 9 heteroatoms. The van der Waals surface area contributed by atoms with Gasteiger partial charge in [-0.25, -0.2) is 0 Å². The summed E-state index contributed by atoms with van der Waals surface area (Å²) in [7, 11) is 0. The third kappa shape index (κ3) is 6.25. The first-order chi connectivity index (χ1) is 16.0. The van der Waals surface area contributed by atoms with Crippen LogP contribution in [0.1, 0.15) is 15.9 Å². The number of halogens is 2. The number of hydrogen-bond donors (Lipinski definition) is 2. The predicted molar refractivity (Wildman–Crippen MR) is 135 cm³/mol. The topological polar surface area (TPSA) is 84.0 Å². The minimum absolute atomic E-state index is 0.317. The van der Waals surface area contributed by atoms with Crippen molar-refractivity contribution in [3.63, 3.8) is 0 Å². The number of nitrogens with zero attached hydrogens (tertiary/aromatic N) is 2. The van der Waals surface area contributed by atoms with Gasteiger partial charge in [0.05, 0.1) is 0 Å². The van der Waals surface area contributed by atoms with E-state index in [-0.39, 0.29) is 11.8 Å². The van der Waals surface area contributed by atoms with Crippen LogP contribution in [0, 0.1) is 0 Å². The maximum atomic E-state index is 13.1. The van der Waals surface area contributed by atoms with Gasteiger partial charge in [-0.15, -0.1) is 10.2 Å². The summed E-state index contributed by atoms with van der Waals surface area (Å²) in [5.74, 6) is -0.769. The number of anilines is 1. The predicted octanol–water partition coefficient (Wildman–Crippen LogP) is 5.60. The molecule has 6 nitrogen and oxygen atoms in total. The molecule has 0 fully saturated rings. The highest BCUT2D eigenvalue weighted by molar-refractivity contribution is 9.10. The Labute approximate surface area is 208 Å².